The van der Waals surface area contributed by atoms with E-state index in [2.05, 4.69) is 4.98 Å². The molecule has 13 heteroatoms. The maximum absolute atomic E-state index is 15.0. The van der Waals surface area contributed by atoms with Gasteiger partial charge in [-0.2, -0.15) is 13.2 Å². The van der Waals surface area contributed by atoms with E-state index in [-0.39, 0.29) is 34.8 Å². The molecule has 1 aliphatic rings. The zero-order valence-corrected chi connectivity index (χ0v) is 20.7. The first-order valence-electron chi connectivity index (χ1n) is 11.2. The number of pyridine rings is 1. The number of aryl methyl sites for hydroxylation is 1. The summed E-state index contributed by atoms with van der Waals surface area (Å²) in [5.74, 6) is -1.83. The first kappa shape index (κ1) is 25.6. The molecule has 0 fully saturated rings. The molecule has 0 bridgehead atoms. The second-order valence-electron chi connectivity index (χ2n) is 8.71. The monoisotopic (exact) mass is 550 g/mol. The van der Waals surface area contributed by atoms with Crippen molar-refractivity contribution in [3.05, 3.63) is 77.8 Å². The molecule has 1 amide bonds. The predicted molar refractivity (Wildman–Crippen MR) is 128 cm³/mol. The number of alkyl halides is 3. The van der Waals surface area contributed by atoms with Gasteiger partial charge in [0, 0.05) is 17.8 Å². The smallest absolute Gasteiger partial charge is 0.476 e. The lowest BCUT2D eigenvalue weighted by Crippen LogP contribution is -2.44. The fourth-order valence-corrected chi connectivity index (χ4v) is 5.08. The molecule has 0 aliphatic carbocycles. The molecule has 1 aliphatic heterocycles. The Morgan fingerprint density at radius 3 is 2.45 bits per heavy atom. The molecule has 5 rings (SSSR count). The zero-order valence-electron chi connectivity index (χ0n) is 19.8. The van der Waals surface area contributed by atoms with E-state index in [9.17, 15) is 26.6 Å². The van der Waals surface area contributed by atoms with Crippen molar-refractivity contribution >= 4 is 27.0 Å². The van der Waals surface area contributed by atoms with Gasteiger partial charge < -0.3 is 9.14 Å². The van der Waals surface area contributed by atoms with Crippen molar-refractivity contribution in [3.63, 3.8) is 0 Å². The van der Waals surface area contributed by atoms with Crippen LogP contribution in [0.2, 0.25) is 0 Å². The number of fused-ring (bicyclic) bond motifs is 2. The molecule has 7 nitrogen and oxygen atoms in total. The Labute approximate surface area is 213 Å². The zero-order chi connectivity index (χ0) is 27.6. The number of benzene rings is 2. The molecule has 4 aromatic rings. The third-order valence-electron chi connectivity index (χ3n) is 6.29. The summed E-state index contributed by atoms with van der Waals surface area (Å²) in [5.41, 5.74) is -3.68. The van der Waals surface area contributed by atoms with Gasteiger partial charge in [-0.1, -0.05) is 18.2 Å². The van der Waals surface area contributed by atoms with Crippen LogP contribution in [0, 0.1) is 23.3 Å². The van der Waals surface area contributed by atoms with Crippen LogP contribution < -0.4 is 9.64 Å². The number of carbonyl (C=O) groups is 1. The van der Waals surface area contributed by atoms with E-state index in [1.54, 1.807) is 13.0 Å². The van der Waals surface area contributed by atoms with Crippen LogP contribution in [0.4, 0.5) is 27.6 Å². The number of hydrogen-bond donors (Lipinski definition) is 1. The van der Waals surface area contributed by atoms with Gasteiger partial charge in [0.25, 0.3) is 5.91 Å². The lowest BCUT2D eigenvalue weighted by atomic mass is 10.1. The summed E-state index contributed by atoms with van der Waals surface area (Å²) in [6.45, 7) is 3.11. The molecule has 1 N–H and O–H groups in total. The van der Waals surface area contributed by atoms with Gasteiger partial charge >= 0.3 is 5.51 Å². The van der Waals surface area contributed by atoms with Crippen LogP contribution in [0.5, 0.6) is 5.75 Å². The van der Waals surface area contributed by atoms with Gasteiger partial charge in [0.15, 0.2) is 27.4 Å². The summed E-state index contributed by atoms with van der Waals surface area (Å²) < 4.78 is 94.5. The highest BCUT2D eigenvalue weighted by molar-refractivity contribution is 7.93. The highest BCUT2D eigenvalue weighted by atomic mass is 32.2. The molecule has 0 saturated heterocycles. The van der Waals surface area contributed by atoms with E-state index in [1.165, 1.54) is 34.6 Å². The van der Waals surface area contributed by atoms with Crippen LogP contribution >= 0.6 is 0 Å². The second-order valence-corrected chi connectivity index (χ2v) is 10.8. The van der Waals surface area contributed by atoms with Crippen LogP contribution in [-0.2, 0) is 21.1 Å². The number of hydrogen-bond acceptors (Lipinski definition) is 5. The van der Waals surface area contributed by atoms with Crippen LogP contribution in [0.3, 0.4) is 0 Å². The molecule has 2 aromatic carbocycles. The third-order valence-corrected chi connectivity index (χ3v) is 7.87. The van der Waals surface area contributed by atoms with Crippen LogP contribution in [-0.4, -0.2) is 31.1 Å². The number of halogens is 5. The van der Waals surface area contributed by atoms with Gasteiger partial charge in [-0.25, -0.2) is 22.8 Å². The standard InChI is InChI=1S/C25H19F5N4O3S/c1-13-21(12-34-20-5-3-4-18(26)23(20)37-14(2)24(34)35)33-11-17(19(27)10-22(33)32-13)15-6-8-16(9-7-15)38(31,36)25(28,29)30/h3-11,14,31H,12H2,1-2H3/t14-,38?/m1/s1. The van der Waals surface area contributed by atoms with Gasteiger partial charge in [-0.15, -0.1) is 0 Å². The third kappa shape index (κ3) is 4.06. The molecule has 38 heavy (non-hydrogen) atoms. The number of anilines is 1. The molecule has 0 saturated carbocycles. The van der Waals surface area contributed by atoms with Gasteiger partial charge in [-0.3, -0.25) is 9.69 Å². The molecule has 2 atom stereocenters. The topological polar surface area (TPSA) is 87.8 Å². The summed E-state index contributed by atoms with van der Waals surface area (Å²) in [6.07, 6.45) is 0.437. The van der Waals surface area contributed by atoms with Crippen molar-refractivity contribution in [2.75, 3.05) is 4.90 Å². The molecule has 1 unspecified atom stereocenters. The van der Waals surface area contributed by atoms with Crippen molar-refractivity contribution < 1.29 is 35.7 Å². The number of nitrogens with zero attached hydrogens (tertiary/aromatic N) is 3. The molecule has 0 spiro atoms. The average molecular weight is 551 g/mol. The van der Waals surface area contributed by atoms with Crippen LogP contribution in [0.15, 0.2) is 59.6 Å². The number of carbonyl (C=O) groups excluding carboxylic acids is 1. The first-order chi connectivity index (χ1) is 17.8. The van der Waals surface area contributed by atoms with Crippen molar-refractivity contribution in [1.82, 2.24) is 9.38 Å². The highest BCUT2D eigenvalue weighted by Crippen LogP contribution is 2.38. The predicted octanol–water partition coefficient (Wildman–Crippen LogP) is 5.83. The Morgan fingerprint density at radius 1 is 1.11 bits per heavy atom. The van der Waals surface area contributed by atoms with Crippen molar-refractivity contribution in [2.24, 2.45) is 0 Å². The van der Waals surface area contributed by atoms with E-state index in [0.29, 0.717) is 11.4 Å². The fraction of sp³-hybridized carbons (Fsp3) is 0.200. The second kappa shape index (κ2) is 8.79. The van der Waals surface area contributed by atoms with Crippen molar-refractivity contribution in [2.45, 2.75) is 36.9 Å². The normalized spacial score (nSPS) is 17.3. The molecular weight excluding hydrogens is 531 g/mol. The summed E-state index contributed by atoms with van der Waals surface area (Å²) in [5, 5.41) is 0. The van der Waals surface area contributed by atoms with Gasteiger partial charge in [0.2, 0.25) is 0 Å². The number of ether oxygens (including phenoxy) is 1. The minimum atomic E-state index is -5.25. The maximum Gasteiger partial charge on any atom is 0.483 e. The van der Waals surface area contributed by atoms with Gasteiger partial charge in [0.1, 0.15) is 11.5 Å². The fourth-order valence-electron chi connectivity index (χ4n) is 4.30. The first-order valence-corrected chi connectivity index (χ1v) is 12.7. The highest BCUT2D eigenvalue weighted by Gasteiger charge is 2.43. The number of aromatic nitrogens is 2. The average Bonchev–Trinajstić information content (AvgIpc) is 3.15. The van der Waals surface area contributed by atoms with Crippen molar-refractivity contribution in [1.29, 1.82) is 4.78 Å². The van der Waals surface area contributed by atoms with E-state index >= 15 is 4.39 Å². The maximum atomic E-state index is 15.0. The van der Waals surface area contributed by atoms with E-state index in [4.69, 9.17) is 9.52 Å². The molecule has 2 aromatic heterocycles. The van der Waals surface area contributed by atoms with Gasteiger partial charge in [-0.05, 0) is 43.7 Å². The van der Waals surface area contributed by atoms with E-state index in [0.717, 1.165) is 30.3 Å². The van der Waals surface area contributed by atoms with Crippen molar-refractivity contribution in [3.8, 4) is 16.9 Å². The largest absolute Gasteiger partial charge is 0.483 e. The molecule has 3 heterocycles. The number of rotatable bonds is 4. The lowest BCUT2D eigenvalue weighted by molar-refractivity contribution is -0.125. The summed E-state index contributed by atoms with van der Waals surface area (Å²) in [4.78, 5) is 17.9. The Balaban J connectivity index is 1.58. The lowest BCUT2D eigenvalue weighted by Gasteiger charge is -2.33. The Kier molecular flexibility index (Phi) is 5.93. The summed E-state index contributed by atoms with van der Waals surface area (Å²) in [7, 11) is -5.06. The van der Waals surface area contributed by atoms with Gasteiger partial charge in [0.05, 0.1) is 28.5 Å². The summed E-state index contributed by atoms with van der Waals surface area (Å²) in [6, 6.07) is 9.39. The van der Waals surface area contributed by atoms with Crippen LogP contribution in [0.25, 0.3) is 16.8 Å². The number of para-hydroxylation sites is 1. The minimum Gasteiger partial charge on any atom is -0.476 e. The number of imidazole rings is 1. The van der Waals surface area contributed by atoms with Crippen LogP contribution in [0.1, 0.15) is 18.3 Å². The summed E-state index contributed by atoms with van der Waals surface area (Å²) >= 11 is 0. The molecule has 0 radical (unpaired) electrons. The van der Waals surface area contributed by atoms with E-state index < -0.39 is 43.8 Å². The molecular formula is C25H19F5N4O3S. The Bertz CT molecular complexity index is 1700. The number of nitrogens with one attached hydrogen (secondary N) is 1. The quantitative estimate of drug-likeness (QED) is 0.324. The Hall–Kier alpha value is -4.00. The number of amides is 1. The SMILES string of the molecule is Cc1nc2cc(F)c(-c3ccc(S(=N)(=O)C(F)(F)F)cc3)cn2c1CN1C(=O)[C@@H](C)Oc2c(F)cccc21. The van der Waals surface area contributed by atoms with E-state index in [1.807, 2.05) is 0 Å². The molecule has 198 valence electrons. The Morgan fingerprint density at radius 2 is 1.79 bits per heavy atom. The minimum absolute atomic E-state index is 0.000644.